The fourth-order valence-corrected chi connectivity index (χ4v) is 2.73. The highest BCUT2D eigenvalue weighted by Crippen LogP contribution is 2.54. The van der Waals surface area contributed by atoms with E-state index in [0.717, 1.165) is 38.5 Å². The summed E-state index contributed by atoms with van der Waals surface area (Å²) in [4.78, 5) is 22.5. The van der Waals surface area contributed by atoms with Gasteiger partial charge in [-0.1, -0.05) is 51.9 Å². The van der Waals surface area contributed by atoms with Crippen LogP contribution in [0.15, 0.2) is 11.6 Å². The molecule has 33 heavy (non-hydrogen) atoms. The molecule has 0 radical (unpaired) electrons. The monoisotopic (exact) mass is 501 g/mol. The molecule has 0 spiro atoms. The van der Waals surface area contributed by atoms with Crippen molar-refractivity contribution in [1.29, 1.82) is 0 Å². The normalized spacial score (nSPS) is 13.8. The topological polar surface area (TPSA) is 66.4 Å². The van der Waals surface area contributed by atoms with Crippen LogP contribution in [0.25, 0.3) is 0 Å². The first-order chi connectivity index (χ1) is 15.0. The van der Waals surface area contributed by atoms with Gasteiger partial charge in [0.2, 0.25) is 0 Å². The highest BCUT2D eigenvalue weighted by molar-refractivity contribution is 5.95. The molecule has 0 unspecified atom stereocenters. The second-order valence-electron chi connectivity index (χ2n) is 7.45. The Balaban J connectivity index is 4.92. The molecule has 0 heterocycles. The minimum absolute atomic E-state index is 0.0633. The first-order valence-electron chi connectivity index (χ1n) is 10.3. The summed E-state index contributed by atoms with van der Waals surface area (Å²) in [5, 5.41) is 10.6. The number of hydrogen-bond acceptors (Lipinski definition) is 4. The lowest BCUT2D eigenvalue weighted by Crippen LogP contribution is -2.60. The van der Waals surface area contributed by atoms with Gasteiger partial charge in [0, 0.05) is 12.0 Å². The van der Waals surface area contributed by atoms with E-state index in [1.807, 2.05) is 0 Å². The number of ether oxygens (including phenoxy) is 1. The van der Waals surface area contributed by atoms with Crippen LogP contribution in [0.5, 0.6) is 0 Å². The Morgan fingerprint density at radius 1 is 0.788 bits per heavy atom. The van der Waals surface area contributed by atoms with Gasteiger partial charge in [-0.15, -0.1) is 0 Å². The van der Waals surface area contributed by atoms with Crippen molar-refractivity contribution in [3.05, 3.63) is 11.6 Å². The van der Waals surface area contributed by atoms with Crippen molar-refractivity contribution >= 4 is 11.9 Å². The maximum atomic E-state index is 13.6. The number of carboxylic acids is 1. The summed E-state index contributed by atoms with van der Waals surface area (Å²) in [6.07, 6.45) is -4.05. The van der Waals surface area contributed by atoms with Crippen LogP contribution in [0, 0.1) is 0 Å². The fourth-order valence-electron chi connectivity index (χ4n) is 2.73. The van der Waals surface area contributed by atoms with Crippen molar-refractivity contribution in [2.24, 2.45) is 0 Å². The van der Waals surface area contributed by atoms with Gasteiger partial charge in [0.25, 0.3) is 0 Å². The van der Waals surface area contributed by atoms with Gasteiger partial charge >= 0.3 is 29.9 Å². The van der Waals surface area contributed by atoms with E-state index < -0.39 is 54.3 Å². The molecular formula is C20H26F9O4-. The van der Waals surface area contributed by atoms with Crippen LogP contribution in [0.2, 0.25) is 0 Å². The average Bonchev–Trinajstić information content (AvgIpc) is 2.68. The molecule has 0 aliphatic carbocycles. The Hall–Kier alpha value is -1.95. The van der Waals surface area contributed by atoms with E-state index in [1.54, 1.807) is 0 Å². The van der Waals surface area contributed by atoms with Gasteiger partial charge in [-0.25, -0.2) is 4.79 Å². The third-order valence-electron chi connectivity index (χ3n) is 4.70. The number of hydrogen-bond donors (Lipinski definition) is 0. The number of carboxylic acid groups (broad SMARTS) is 1. The molecule has 4 nitrogen and oxygen atoms in total. The number of aliphatic carboxylic acids is 1. The van der Waals surface area contributed by atoms with Crippen LogP contribution in [0.3, 0.4) is 0 Å². The summed E-state index contributed by atoms with van der Waals surface area (Å²) in [6.45, 7) is 1.79. The molecule has 0 fully saturated rings. The van der Waals surface area contributed by atoms with E-state index in [-0.39, 0.29) is 12.7 Å². The molecule has 0 rings (SSSR count). The minimum Gasteiger partial charge on any atom is -0.545 e. The zero-order valence-electron chi connectivity index (χ0n) is 17.9. The third-order valence-corrected chi connectivity index (χ3v) is 4.70. The molecule has 194 valence electrons. The van der Waals surface area contributed by atoms with Crippen LogP contribution in [0.4, 0.5) is 39.5 Å². The van der Waals surface area contributed by atoms with Gasteiger partial charge in [0.1, 0.15) is 0 Å². The molecule has 0 N–H and O–H groups in total. The Morgan fingerprint density at radius 2 is 1.27 bits per heavy atom. The van der Waals surface area contributed by atoms with E-state index >= 15 is 0 Å². The Bertz CT molecular complexity index is 658. The lowest BCUT2D eigenvalue weighted by molar-refractivity contribution is -0.396. The molecule has 0 aromatic rings. The maximum absolute atomic E-state index is 13.6. The van der Waals surface area contributed by atoms with Gasteiger partial charge in [0.15, 0.2) is 0 Å². The van der Waals surface area contributed by atoms with Crippen LogP contribution in [-0.2, 0) is 14.3 Å². The van der Waals surface area contributed by atoms with E-state index in [0.29, 0.717) is 12.8 Å². The maximum Gasteiger partial charge on any atom is 0.460 e. The molecule has 0 saturated carbocycles. The first kappa shape index (κ1) is 31.0. The molecular weight excluding hydrogens is 475 g/mol. The Labute approximate surface area is 185 Å². The summed E-state index contributed by atoms with van der Waals surface area (Å²) in [5.74, 6) is -23.5. The van der Waals surface area contributed by atoms with Crippen molar-refractivity contribution in [2.75, 3.05) is 6.61 Å². The van der Waals surface area contributed by atoms with Crippen LogP contribution < -0.4 is 5.11 Å². The summed E-state index contributed by atoms with van der Waals surface area (Å²) in [6, 6.07) is 0. The number of carbonyl (C=O) groups is 2. The van der Waals surface area contributed by atoms with Crippen LogP contribution >= 0.6 is 0 Å². The predicted molar refractivity (Wildman–Crippen MR) is 96.8 cm³/mol. The number of alkyl halides is 9. The zero-order valence-corrected chi connectivity index (χ0v) is 17.9. The van der Waals surface area contributed by atoms with Gasteiger partial charge in [0.05, 0.1) is 12.6 Å². The van der Waals surface area contributed by atoms with Crippen LogP contribution in [0.1, 0.15) is 71.1 Å². The van der Waals surface area contributed by atoms with E-state index in [4.69, 9.17) is 0 Å². The summed E-state index contributed by atoms with van der Waals surface area (Å²) < 4.78 is 121. The second kappa shape index (κ2) is 13.1. The number of esters is 1. The van der Waals surface area contributed by atoms with E-state index in [1.165, 1.54) is 0 Å². The quantitative estimate of drug-likeness (QED) is 0.120. The van der Waals surface area contributed by atoms with Crippen molar-refractivity contribution in [3.63, 3.8) is 0 Å². The van der Waals surface area contributed by atoms with Crippen LogP contribution in [-0.4, -0.2) is 42.5 Å². The predicted octanol–water partition coefficient (Wildman–Crippen LogP) is 5.60. The molecule has 0 aliphatic heterocycles. The highest BCUT2D eigenvalue weighted by atomic mass is 19.4. The number of carbonyl (C=O) groups excluding carboxylic acids is 2. The van der Waals surface area contributed by atoms with Gasteiger partial charge in [-0.3, -0.25) is 0 Å². The molecule has 0 atom stereocenters. The molecule has 0 bridgehead atoms. The first-order valence-corrected chi connectivity index (χ1v) is 10.3. The molecule has 0 amide bonds. The van der Waals surface area contributed by atoms with Gasteiger partial charge < -0.3 is 14.6 Å². The minimum atomic E-state index is -7.07. The molecule has 0 saturated heterocycles. The molecule has 0 aromatic carbocycles. The number of halogens is 9. The summed E-state index contributed by atoms with van der Waals surface area (Å²) >= 11 is 0. The average molecular weight is 501 g/mol. The van der Waals surface area contributed by atoms with E-state index in [9.17, 15) is 54.2 Å². The molecule has 13 heteroatoms. The smallest absolute Gasteiger partial charge is 0.460 e. The third kappa shape index (κ3) is 9.44. The SMILES string of the molecule is CCCCCCCCCCOC(=O)/C(=C\C(=O)[O-])CCC(F)(F)C(F)(F)C(F)(F)C(F)(F)F. The largest absolute Gasteiger partial charge is 0.545 e. The second-order valence-corrected chi connectivity index (χ2v) is 7.45. The summed E-state index contributed by atoms with van der Waals surface area (Å²) in [7, 11) is 0. The zero-order chi connectivity index (χ0) is 25.9. The Morgan fingerprint density at radius 3 is 1.73 bits per heavy atom. The number of unbranched alkanes of at least 4 members (excludes halogenated alkanes) is 7. The van der Waals surface area contributed by atoms with Crippen molar-refractivity contribution < 1.29 is 58.9 Å². The Kier molecular flexibility index (Phi) is 12.3. The van der Waals surface area contributed by atoms with Crippen molar-refractivity contribution in [2.45, 2.75) is 95.1 Å². The van der Waals surface area contributed by atoms with Gasteiger partial charge in [-0.2, -0.15) is 39.5 Å². The standard InChI is InChI=1S/C20H27F9O4/c1-2-3-4-5-6-7-8-9-12-33-16(32)14(13-15(30)31)10-11-17(21,22)18(23,24)19(25,26)20(27,28)29/h13H,2-12H2,1H3,(H,30,31)/p-1/b14-13-. The molecule has 0 aromatic heterocycles. The lowest BCUT2D eigenvalue weighted by atomic mass is 9.97. The van der Waals surface area contributed by atoms with E-state index in [2.05, 4.69) is 11.7 Å². The molecule has 0 aliphatic rings. The number of rotatable bonds is 16. The van der Waals surface area contributed by atoms with Crippen molar-refractivity contribution in [3.8, 4) is 0 Å². The highest BCUT2D eigenvalue weighted by Gasteiger charge is 2.81. The lowest BCUT2D eigenvalue weighted by Gasteiger charge is -2.33. The summed E-state index contributed by atoms with van der Waals surface area (Å²) in [5.41, 5.74) is -1.14. The van der Waals surface area contributed by atoms with Gasteiger partial charge in [-0.05, 0) is 18.9 Å². The fraction of sp³-hybridized carbons (Fsp3) is 0.800. The van der Waals surface area contributed by atoms with Crippen molar-refractivity contribution in [1.82, 2.24) is 0 Å².